The quantitative estimate of drug-likeness (QED) is 0.441. The number of aromatic nitrogens is 1. The third-order valence-corrected chi connectivity index (χ3v) is 7.32. The molecule has 184 valence electrons. The number of amides is 1. The van der Waals surface area contributed by atoms with Crippen molar-refractivity contribution in [3.63, 3.8) is 0 Å². The maximum Gasteiger partial charge on any atom is 0.239 e. The van der Waals surface area contributed by atoms with Crippen molar-refractivity contribution >= 4 is 51.5 Å². The molecule has 2 aliphatic rings. The summed E-state index contributed by atoms with van der Waals surface area (Å²) in [5.41, 5.74) is 8.80. The Morgan fingerprint density at radius 2 is 2.23 bits per heavy atom. The van der Waals surface area contributed by atoms with Gasteiger partial charge in [-0.05, 0) is 50.4 Å². The Morgan fingerprint density at radius 3 is 2.94 bits per heavy atom. The number of rotatable bonds is 5. The number of halogens is 3. The minimum absolute atomic E-state index is 0.0753. The van der Waals surface area contributed by atoms with Crippen molar-refractivity contribution in [3.05, 3.63) is 57.7 Å². The summed E-state index contributed by atoms with van der Waals surface area (Å²) in [4.78, 5) is 18.9. The number of nitrogen functional groups attached to an aromatic ring is 1. The lowest BCUT2D eigenvalue weighted by atomic mass is 9.99. The molecule has 1 amide bonds. The molecule has 0 aliphatic carbocycles. The fourth-order valence-electron chi connectivity index (χ4n) is 4.72. The molecule has 1 saturated heterocycles. The number of fused-ring (bicyclic) bond motifs is 1. The topological polar surface area (TPSA) is 93.6 Å². The second-order valence-electron chi connectivity index (χ2n) is 8.79. The molecule has 0 radical (unpaired) electrons. The van der Waals surface area contributed by atoms with Gasteiger partial charge in [0.25, 0.3) is 0 Å². The van der Waals surface area contributed by atoms with Crippen LogP contribution in [0.1, 0.15) is 43.4 Å². The standard InChI is InChI=1S/C25H25Cl2FN4O3/c1-13(20-17(26)4-5-18(28)21(20)27)35-23-22-15(11-31-24(23)29)16(12-34-22)14-6-9-32(10-7-14)25(33)19-3-2-8-30-19/h4-6,11-13,19,30H,2-3,7-10H2,1H3,(H2,29,31)/t13-,19?/m1/s1. The highest BCUT2D eigenvalue weighted by Crippen LogP contribution is 2.41. The van der Waals surface area contributed by atoms with Gasteiger partial charge in [0.05, 0.1) is 22.7 Å². The fraction of sp³-hybridized carbons (Fsp3) is 0.360. The lowest BCUT2D eigenvalue weighted by Crippen LogP contribution is -2.45. The number of benzene rings is 1. The van der Waals surface area contributed by atoms with Gasteiger partial charge < -0.3 is 25.1 Å². The molecule has 1 aromatic carbocycles. The van der Waals surface area contributed by atoms with Gasteiger partial charge in [-0.2, -0.15) is 0 Å². The molecule has 2 atom stereocenters. The number of nitrogens with one attached hydrogen (secondary N) is 1. The molecule has 2 aromatic heterocycles. The van der Waals surface area contributed by atoms with Gasteiger partial charge in [0.2, 0.25) is 11.7 Å². The summed E-state index contributed by atoms with van der Waals surface area (Å²) < 4.78 is 26.0. The maximum atomic E-state index is 14.0. The van der Waals surface area contributed by atoms with E-state index in [0.717, 1.165) is 35.9 Å². The van der Waals surface area contributed by atoms with E-state index in [1.165, 1.54) is 12.1 Å². The molecule has 35 heavy (non-hydrogen) atoms. The van der Waals surface area contributed by atoms with Crippen LogP contribution < -0.4 is 15.8 Å². The van der Waals surface area contributed by atoms with Crippen molar-refractivity contribution in [2.24, 2.45) is 0 Å². The van der Waals surface area contributed by atoms with Crippen LogP contribution in [0, 0.1) is 5.82 Å². The molecular weight excluding hydrogens is 494 g/mol. The first-order valence-corrected chi connectivity index (χ1v) is 12.3. The van der Waals surface area contributed by atoms with E-state index in [1.807, 2.05) is 11.0 Å². The predicted octanol–water partition coefficient (Wildman–Crippen LogP) is 5.36. The number of pyridine rings is 1. The van der Waals surface area contributed by atoms with Gasteiger partial charge in [-0.1, -0.05) is 29.3 Å². The van der Waals surface area contributed by atoms with Gasteiger partial charge in [-0.3, -0.25) is 4.79 Å². The zero-order valence-electron chi connectivity index (χ0n) is 19.1. The maximum absolute atomic E-state index is 14.0. The van der Waals surface area contributed by atoms with Crippen molar-refractivity contribution < 1.29 is 18.3 Å². The van der Waals surface area contributed by atoms with E-state index in [9.17, 15) is 9.18 Å². The molecule has 4 heterocycles. The van der Waals surface area contributed by atoms with Gasteiger partial charge in [0.15, 0.2) is 11.4 Å². The van der Waals surface area contributed by atoms with Crippen LogP contribution in [-0.2, 0) is 4.79 Å². The van der Waals surface area contributed by atoms with Gasteiger partial charge in [0, 0.05) is 35.4 Å². The minimum Gasteiger partial charge on any atom is -0.478 e. The second kappa shape index (κ2) is 9.68. The number of nitrogens with zero attached hydrogens (tertiary/aromatic N) is 2. The average molecular weight is 519 g/mol. The summed E-state index contributed by atoms with van der Waals surface area (Å²) in [6, 6.07) is 2.55. The highest BCUT2D eigenvalue weighted by Gasteiger charge is 2.29. The summed E-state index contributed by atoms with van der Waals surface area (Å²) in [6.07, 6.45) is 7.23. The zero-order chi connectivity index (χ0) is 24.7. The molecule has 5 rings (SSSR count). The normalized spacial score (nSPS) is 19.1. The number of ether oxygens (including phenoxy) is 1. The van der Waals surface area contributed by atoms with Crippen LogP contribution in [0.3, 0.4) is 0 Å². The highest BCUT2D eigenvalue weighted by molar-refractivity contribution is 6.36. The number of hydrogen-bond donors (Lipinski definition) is 2. The smallest absolute Gasteiger partial charge is 0.239 e. The average Bonchev–Trinajstić information content (AvgIpc) is 3.54. The van der Waals surface area contributed by atoms with Crippen LogP contribution in [0.25, 0.3) is 16.5 Å². The lowest BCUT2D eigenvalue weighted by molar-refractivity contribution is -0.132. The second-order valence-corrected chi connectivity index (χ2v) is 9.58. The first kappa shape index (κ1) is 23.9. The van der Waals surface area contributed by atoms with Crippen molar-refractivity contribution in [1.29, 1.82) is 0 Å². The first-order chi connectivity index (χ1) is 16.8. The molecule has 1 unspecified atom stereocenters. The molecule has 0 spiro atoms. The molecule has 0 bridgehead atoms. The SMILES string of the molecule is C[C@@H](Oc1c(N)ncc2c(C3=CCN(C(=O)C4CCCN4)CC3)coc12)c1c(Cl)ccc(F)c1Cl. The molecule has 0 saturated carbocycles. The fourth-order valence-corrected chi connectivity index (χ4v) is 5.40. The monoisotopic (exact) mass is 518 g/mol. The summed E-state index contributed by atoms with van der Waals surface area (Å²) in [5, 5.41) is 4.18. The molecule has 10 heteroatoms. The van der Waals surface area contributed by atoms with Crippen molar-refractivity contribution in [2.75, 3.05) is 25.4 Å². The number of anilines is 1. The largest absolute Gasteiger partial charge is 0.478 e. The van der Waals surface area contributed by atoms with Crippen molar-refractivity contribution in [1.82, 2.24) is 15.2 Å². The van der Waals surface area contributed by atoms with Crippen LogP contribution in [0.5, 0.6) is 5.75 Å². The number of hydrogen-bond acceptors (Lipinski definition) is 6. The Hall–Kier alpha value is -2.81. The van der Waals surface area contributed by atoms with Gasteiger partial charge in [-0.25, -0.2) is 9.37 Å². The molecule has 1 fully saturated rings. The van der Waals surface area contributed by atoms with Gasteiger partial charge >= 0.3 is 0 Å². The number of furan rings is 1. The first-order valence-electron chi connectivity index (χ1n) is 11.5. The Balaban J connectivity index is 1.41. The molecule has 7 nitrogen and oxygen atoms in total. The van der Waals surface area contributed by atoms with E-state index in [0.29, 0.717) is 30.7 Å². The van der Waals surface area contributed by atoms with Crippen LogP contribution in [0.4, 0.5) is 10.2 Å². The molecule has 3 N–H and O–H groups in total. The minimum atomic E-state index is -0.716. The van der Waals surface area contributed by atoms with E-state index in [1.54, 1.807) is 19.4 Å². The summed E-state index contributed by atoms with van der Waals surface area (Å²) in [7, 11) is 0. The molecule has 2 aliphatic heterocycles. The van der Waals surface area contributed by atoms with Crippen molar-refractivity contribution in [2.45, 2.75) is 38.3 Å². The Morgan fingerprint density at radius 1 is 1.40 bits per heavy atom. The Labute approximate surface area is 212 Å². The lowest BCUT2D eigenvalue weighted by Gasteiger charge is -2.28. The number of carbonyl (C=O) groups is 1. The van der Waals surface area contributed by atoms with E-state index in [-0.39, 0.29) is 33.6 Å². The van der Waals surface area contributed by atoms with Gasteiger partial charge in [-0.15, -0.1) is 0 Å². The highest BCUT2D eigenvalue weighted by atomic mass is 35.5. The van der Waals surface area contributed by atoms with E-state index in [4.69, 9.17) is 38.1 Å². The Bertz CT molecular complexity index is 1320. The third-order valence-electron chi connectivity index (χ3n) is 6.61. The number of carbonyl (C=O) groups excluding carboxylic acids is 1. The van der Waals surface area contributed by atoms with E-state index in [2.05, 4.69) is 10.3 Å². The summed E-state index contributed by atoms with van der Waals surface area (Å²) >= 11 is 12.4. The summed E-state index contributed by atoms with van der Waals surface area (Å²) in [5.74, 6) is -0.0688. The summed E-state index contributed by atoms with van der Waals surface area (Å²) in [6.45, 7) is 3.76. The molecular formula is C25H25Cl2FN4O3. The van der Waals surface area contributed by atoms with Crippen LogP contribution >= 0.6 is 23.2 Å². The van der Waals surface area contributed by atoms with E-state index >= 15 is 0 Å². The number of nitrogens with two attached hydrogens (primary N) is 1. The van der Waals surface area contributed by atoms with Gasteiger partial charge in [0.1, 0.15) is 11.9 Å². The Kier molecular flexibility index (Phi) is 6.61. The van der Waals surface area contributed by atoms with Crippen LogP contribution in [-0.4, -0.2) is 41.5 Å². The van der Waals surface area contributed by atoms with Crippen LogP contribution in [0.2, 0.25) is 10.0 Å². The van der Waals surface area contributed by atoms with E-state index < -0.39 is 11.9 Å². The zero-order valence-corrected chi connectivity index (χ0v) is 20.6. The predicted molar refractivity (Wildman–Crippen MR) is 134 cm³/mol. The van der Waals surface area contributed by atoms with Crippen molar-refractivity contribution in [3.8, 4) is 5.75 Å². The van der Waals surface area contributed by atoms with Crippen LogP contribution in [0.15, 0.2) is 35.1 Å². The third kappa shape index (κ3) is 4.46. The molecule has 3 aromatic rings.